The molecule has 0 aliphatic heterocycles. The molecule has 2 amide bonds. The van der Waals surface area contributed by atoms with Crippen molar-refractivity contribution in [3.05, 3.63) is 93.7 Å². The number of nitrogens with zero attached hydrogens (tertiary/aromatic N) is 2. The molecule has 0 radical (unpaired) electrons. The Hall–Kier alpha value is -3.14. The van der Waals surface area contributed by atoms with Crippen LogP contribution in [0.1, 0.15) is 38.8 Å². The van der Waals surface area contributed by atoms with Gasteiger partial charge < -0.3 is 10.2 Å². The Morgan fingerprint density at radius 2 is 1.60 bits per heavy atom. The second-order valence-electron chi connectivity index (χ2n) is 10.4. The van der Waals surface area contributed by atoms with Crippen LogP contribution in [-0.2, 0) is 26.2 Å². The third kappa shape index (κ3) is 7.53. The lowest BCUT2D eigenvalue weighted by atomic mass is 10.1. The van der Waals surface area contributed by atoms with E-state index in [1.54, 1.807) is 39.0 Å². The van der Waals surface area contributed by atoms with Gasteiger partial charge in [-0.3, -0.25) is 13.9 Å². The van der Waals surface area contributed by atoms with Crippen LogP contribution in [0.5, 0.6) is 0 Å². The van der Waals surface area contributed by atoms with Gasteiger partial charge in [0.2, 0.25) is 11.8 Å². The van der Waals surface area contributed by atoms with Gasteiger partial charge in [-0.15, -0.1) is 0 Å². The summed E-state index contributed by atoms with van der Waals surface area (Å²) in [5.41, 5.74) is 0.394. The van der Waals surface area contributed by atoms with Crippen LogP contribution in [0.3, 0.4) is 0 Å². The summed E-state index contributed by atoms with van der Waals surface area (Å²) in [7, 11) is -4.33. The topological polar surface area (TPSA) is 86.8 Å². The number of sulfonamides is 1. The maximum atomic E-state index is 14.6. The number of carbonyl (C=O) groups is 2. The van der Waals surface area contributed by atoms with E-state index in [-0.39, 0.29) is 32.7 Å². The quantitative estimate of drug-likeness (QED) is 0.325. The second-order valence-corrected chi connectivity index (χ2v) is 13.1. The summed E-state index contributed by atoms with van der Waals surface area (Å²) in [5, 5.41) is 2.85. The molecular weight excluding hydrogens is 576 g/mol. The predicted octanol–water partition coefficient (Wildman–Crippen LogP) is 5.97. The molecule has 0 aliphatic rings. The lowest BCUT2D eigenvalue weighted by Crippen LogP contribution is -2.54. The molecule has 1 atom stereocenters. The van der Waals surface area contributed by atoms with E-state index >= 15 is 0 Å². The van der Waals surface area contributed by atoms with Crippen LogP contribution in [0, 0.1) is 12.7 Å². The lowest BCUT2D eigenvalue weighted by molar-refractivity contribution is -0.140. The minimum atomic E-state index is -4.33. The van der Waals surface area contributed by atoms with Crippen LogP contribution in [0.15, 0.2) is 71.6 Å². The zero-order valence-electron chi connectivity index (χ0n) is 22.9. The normalized spacial score (nSPS) is 12.5. The monoisotopic (exact) mass is 607 g/mol. The van der Waals surface area contributed by atoms with E-state index in [2.05, 4.69) is 5.32 Å². The fourth-order valence-corrected chi connectivity index (χ4v) is 5.78. The SMILES string of the molecule is Cc1ccc(S(=O)(=O)N(CC(=O)N(Cc2ccccc2F)C(C)C(=O)NC(C)(C)C)c2cccc(Cl)c2Cl)cc1. The largest absolute Gasteiger partial charge is 0.350 e. The van der Waals surface area contributed by atoms with Crippen LogP contribution >= 0.6 is 23.2 Å². The van der Waals surface area contributed by atoms with E-state index in [9.17, 15) is 22.4 Å². The van der Waals surface area contributed by atoms with E-state index in [0.29, 0.717) is 0 Å². The van der Waals surface area contributed by atoms with E-state index in [1.165, 1.54) is 55.5 Å². The number of anilines is 1. The van der Waals surface area contributed by atoms with Crippen molar-refractivity contribution in [1.82, 2.24) is 10.2 Å². The molecule has 7 nitrogen and oxygen atoms in total. The number of rotatable bonds is 9. The smallest absolute Gasteiger partial charge is 0.264 e. The van der Waals surface area contributed by atoms with E-state index < -0.39 is 45.8 Å². The number of benzene rings is 3. The van der Waals surface area contributed by atoms with Crippen molar-refractivity contribution in [1.29, 1.82) is 0 Å². The summed E-state index contributed by atoms with van der Waals surface area (Å²) >= 11 is 12.6. The maximum absolute atomic E-state index is 14.6. The molecule has 0 spiro atoms. The van der Waals surface area contributed by atoms with Gasteiger partial charge in [0.15, 0.2) is 0 Å². The zero-order valence-corrected chi connectivity index (χ0v) is 25.2. The molecule has 214 valence electrons. The Morgan fingerprint density at radius 3 is 2.20 bits per heavy atom. The summed E-state index contributed by atoms with van der Waals surface area (Å²) in [5.74, 6) is -1.79. The summed E-state index contributed by atoms with van der Waals surface area (Å²) < 4.78 is 43.3. The number of aryl methyl sites for hydroxylation is 1. The second kappa shape index (κ2) is 12.6. The van der Waals surface area contributed by atoms with Gasteiger partial charge in [-0.05, 0) is 65.0 Å². The molecule has 0 heterocycles. The van der Waals surface area contributed by atoms with E-state index in [1.807, 2.05) is 6.92 Å². The van der Waals surface area contributed by atoms with Crippen LogP contribution in [-0.4, -0.2) is 43.3 Å². The average Bonchev–Trinajstić information content (AvgIpc) is 2.87. The van der Waals surface area contributed by atoms with Crippen molar-refractivity contribution in [2.45, 2.75) is 57.6 Å². The average molecular weight is 609 g/mol. The molecule has 1 unspecified atom stereocenters. The molecule has 0 aromatic heterocycles. The first-order valence-electron chi connectivity index (χ1n) is 12.5. The summed E-state index contributed by atoms with van der Waals surface area (Å²) in [6, 6.07) is 15.4. The minimum Gasteiger partial charge on any atom is -0.350 e. The number of hydrogen-bond donors (Lipinski definition) is 1. The third-order valence-corrected chi connectivity index (χ3v) is 8.63. The molecular formula is C29H32Cl2FN3O4S. The van der Waals surface area contributed by atoms with Crippen molar-refractivity contribution in [3.8, 4) is 0 Å². The van der Waals surface area contributed by atoms with Gasteiger partial charge in [-0.25, -0.2) is 12.8 Å². The summed E-state index contributed by atoms with van der Waals surface area (Å²) in [4.78, 5) is 28.1. The first kappa shape index (κ1) is 31.4. The van der Waals surface area contributed by atoms with Gasteiger partial charge in [0.05, 0.1) is 20.6 Å². The van der Waals surface area contributed by atoms with Gasteiger partial charge >= 0.3 is 0 Å². The third-order valence-electron chi connectivity index (χ3n) is 6.05. The number of halogens is 3. The number of nitrogens with one attached hydrogen (secondary N) is 1. The van der Waals surface area contributed by atoms with Gasteiger partial charge in [0, 0.05) is 17.6 Å². The van der Waals surface area contributed by atoms with Crippen molar-refractivity contribution in [2.24, 2.45) is 0 Å². The predicted molar refractivity (Wildman–Crippen MR) is 156 cm³/mol. The highest BCUT2D eigenvalue weighted by Crippen LogP contribution is 2.35. The highest BCUT2D eigenvalue weighted by atomic mass is 35.5. The lowest BCUT2D eigenvalue weighted by Gasteiger charge is -2.33. The Morgan fingerprint density at radius 1 is 0.975 bits per heavy atom. The van der Waals surface area contributed by atoms with E-state index in [4.69, 9.17) is 23.2 Å². The number of carbonyl (C=O) groups excluding carboxylic acids is 2. The molecule has 11 heteroatoms. The highest BCUT2D eigenvalue weighted by molar-refractivity contribution is 7.92. The highest BCUT2D eigenvalue weighted by Gasteiger charge is 2.34. The van der Waals surface area contributed by atoms with Gasteiger partial charge in [-0.1, -0.05) is 65.2 Å². The van der Waals surface area contributed by atoms with Gasteiger partial charge in [-0.2, -0.15) is 0 Å². The molecule has 0 aliphatic carbocycles. The Balaban J connectivity index is 2.09. The number of amides is 2. The standard InChI is InChI=1S/C29H32Cl2FN3O4S/c1-19-13-15-22(16-14-19)40(38,39)35(25-12-8-10-23(30)27(25)31)18-26(36)34(17-21-9-6-7-11-24(21)32)20(2)28(37)33-29(3,4)5/h6-16,20H,17-18H2,1-5H3,(H,33,37). The molecule has 3 aromatic carbocycles. The molecule has 3 rings (SSSR count). The Bertz CT molecular complexity index is 1490. The molecule has 40 heavy (non-hydrogen) atoms. The first-order valence-corrected chi connectivity index (χ1v) is 14.7. The summed E-state index contributed by atoms with van der Waals surface area (Å²) in [6.07, 6.45) is 0. The van der Waals surface area contributed by atoms with Crippen LogP contribution in [0.4, 0.5) is 10.1 Å². The minimum absolute atomic E-state index is 0.0132. The van der Waals surface area contributed by atoms with Crippen LogP contribution < -0.4 is 9.62 Å². The fraction of sp³-hybridized carbons (Fsp3) is 0.310. The van der Waals surface area contributed by atoms with E-state index in [0.717, 1.165) is 14.8 Å². The van der Waals surface area contributed by atoms with Crippen molar-refractivity contribution in [2.75, 3.05) is 10.8 Å². The Labute approximate surface area is 244 Å². The molecule has 0 saturated carbocycles. The molecule has 1 N–H and O–H groups in total. The zero-order chi connectivity index (χ0) is 29.8. The summed E-state index contributed by atoms with van der Waals surface area (Å²) in [6.45, 7) is 7.69. The van der Waals surface area contributed by atoms with Gasteiger partial charge in [0.1, 0.15) is 18.4 Å². The fourth-order valence-electron chi connectivity index (χ4n) is 3.90. The number of hydrogen-bond acceptors (Lipinski definition) is 4. The van der Waals surface area contributed by atoms with Gasteiger partial charge in [0.25, 0.3) is 10.0 Å². The molecule has 0 fully saturated rings. The Kier molecular flexibility index (Phi) is 9.87. The van der Waals surface area contributed by atoms with Crippen LogP contribution in [0.2, 0.25) is 10.0 Å². The van der Waals surface area contributed by atoms with Crippen LogP contribution in [0.25, 0.3) is 0 Å². The first-order chi connectivity index (χ1) is 18.6. The molecule has 3 aromatic rings. The maximum Gasteiger partial charge on any atom is 0.264 e. The van der Waals surface area contributed by atoms with Crippen molar-refractivity contribution >= 4 is 50.7 Å². The van der Waals surface area contributed by atoms with Crippen molar-refractivity contribution in [3.63, 3.8) is 0 Å². The molecule has 0 saturated heterocycles. The van der Waals surface area contributed by atoms with Crippen molar-refractivity contribution < 1.29 is 22.4 Å². The molecule has 0 bridgehead atoms.